The highest BCUT2D eigenvalue weighted by molar-refractivity contribution is 5.18. The van der Waals surface area contributed by atoms with Crippen LogP contribution in [0.2, 0.25) is 0 Å². The quantitative estimate of drug-likeness (QED) is 0.787. The Bertz CT molecular complexity index is 398. The summed E-state index contributed by atoms with van der Waals surface area (Å²) in [4.78, 5) is 0. The van der Waals surface area contributed by atoms with Gasteiger partial charge in [0.25, 0.3) is 0 Å². The molecular formula is C11H15N5. The fraction of sp³-hybridized carbons (Fsp3) is 0.364. The van der Waals surface area contributed by atoms with Crippen molar-refractivity contribution in [1.29, 1.82) is 0 Å². The molecule has 2 N–H and O–H groups in total. The first-order valence-electron chi connectivity index (χ1n) is 5.34. The molecule has 0 spiro atoms. The number of benzene rings is 1. The van der Waals surface area contributed by atoms with E-state index in [1.165, 1.54) is 5.56 Å². The summed E-state index contributed by atoms with van der Waals surface area (Å²) in [5.74, 6) is 1.17. The topological polar surface area (TPSA) is 66.5 Å². The summed E-state index contributed by atoms with van der Waals surface area (Å²) < 4.78 is 0. The zero-order valence-corrected chi connectivity index (χ0v) is 9.22. The Balaban J connectivity index is 1.78. The van der Waals surface area contributed by atoms with Gasteiger partial charge in [0.1, 0.15) is 0 Å². The van der Waals surface area contributed by atoms with Crippen LogP contribution in [0.3, 0.4) is 0 Å². The third-order valence-electron chi connectivity index (χ3n) is 2.49. The Morgan fingerprint density at radius 2 is 2.12 bits per heavy atom. The largest absolute Gasteiger partial charge is 0.309 e. The van der Waals surface area contributed by atoms with Crippen molar-refractivity contribution < 1.29 is 0 Å². The second kappa shape index (κ2) is 5.37. The molecule has 1 unspecified atom stereocenters. The van der Waals surface area contributed by atoms with E-state index in [2.05, 4.69) is 57.1 Å². The van der Waals surface area contributed by atoms with Crippen LogP contribution in [0, 0.1) is 0 Å². The molecule has 1 atom stereocenters. The van der Waals surface area contributed by atoms with Gasteiger partial charge in [0.2, 0.25) is 0 Å². The van der Waals surface area contributed by atoms with E-state index < -0.39 is 0 Å². The Morgan fingerprint density at radius 3 is 2.81 bits per heavy atom. The van der Waals surface area contributed by atoms with Gasteiger partial charge in [-0.2, -0.15) is 5.21 Å². The minimum absolute atomic E-state index is 0.480. The molecule has 16 heavy (non-hydrogen) atoms. The highest BCUT2D eigenvalue weighted by atomic mass is 15.5. The van der Waals surface area contributed by atoms with E-state index in [4.69, 9.17) is 0 Å². The lowest BCUT2D eigenvalue weighted by molar-refractivity contribution is 0.600. The smallest absolute Gasteiger partial charge is 0.188 e. The second-order valence-electron chi connectivity index (χ2n) is 3.77. The Morgan fingerprint density at radius 1 is 1.31 bits per heavy atom. The van der Waals surface area contributed by atoms with E-state index in [0.29, 0.717) is 18.3 Å². The molecule has 1 aromatic heterocycles. The second-order valence-corrected chi connectivity index (χ2v) is 3.77. The van der Waals surface area contributed by atoms with Crippen molar-refractivity contribution in [3.63, 3.8) is 0 Å². The lowest BCUT2D eigenvalue weighted by Crippen LogP contribution is -2.20. The first-order chi connectivity index (χ1) is 7.86. The molecule has 0 amide bonds. The number of aromatic nitrogens is 4. The van der Waals surface area contributed by atoms with E-state index in [-0.39, 0.29) is 0 Å². The van der Waals surface area contributed by atoms with Crippen molar-refractivity contribution in [2.45, 2.75) is 19.4 Å². The summed E-state index contributed by atoms with van der Waals surface area (Å²) in [7, 11) is 0. The molecule has 0 aliphatic rings. The molecule has 0 aliphatic carbocycles. The molecule has 0 radical (unpaired) electrons. The van der Waals surface area contributed by atoms with Crippen LogP contribution < -0.4 is 5.32 Å². The molecule has 1 heterocycles. The number of nitrogens with zero attached hydrogens (tertiary/aromatic N) is 3. The lowest BCUT2D eigenvalue weighted by atomic mass is 10.0. The fourth-order valence-electron chi connectivity index (χ4n) is 1.56. The van der Waals surface area contributed by atoms with Gasteiger partial charge in [-0.05, 0) is 11.5 Å². The molecule has 0 aliphatic heterocycles. The van der Waals surface area contributed by atoms with Gasteiger partial charge in [-0.25, -0.2) is 0 Å². The highest BCUT2D eigenvalue weighted by Crippen LogP contribution is 2.12. The Kier molecular flexibility index (Phi) is 3.61. The SMILES string of the molecule is CC(CNCc1nn[nH]n1)c1ccccc1. The summed E-state index contributed by atoms with van der Waals surface area (Å²) in [6, 6.07) is 10.4. The maximum absolute atomic E-state index is 3.88. The van der Waals surface area contributed by atoms with Crippen molar-refractivity contribution in [1.82, 2.24) is 25.9 Å². The van der Waals surface area contributed by atoms with Gasteiger partial charge in [0.05, 0.1) is 6.54 Å². The van der Waals surface area contributed by atoms with Gasteiger partial charge < -0.3 is 5.32 Å². The van der Waals surface area contributed by atoms with E-state index in [9.17, 15) is 0 Å². The molecule has 1 aromatic carbocycles. The minimum Gasteiger partial charge on any atom is -0.309 e. The van der Waals surface area contributed by atoms with Gasteiger partial charge in [-0.15, -0.1) is 10.2 Å². The van der Waals surface area contributed by atoms with Crippen LogP contribution in [0.1, 0.15) is 24.2 Å². The third kappa shape index (κ3) is 2.87. The summed E-state index contributed by atoms with van der Waals surface area (Å²) in [6.45, 7) is 3.74. The predicted octanol–water partition coefficient (Wildman–Crippen LogP) is 1.09. The van der Waals surface area contributed by atoms with Crippen molar-refractivity contribution >= 4 is 0 Å². The van der Waals surface area contributed by atoms with Crippen LogP contribution in [0.25, 0.3) is 0 Å². The Labute approximate surface area is 94.3 Å². The first-order valence-corrected chi connectivity index (χ1v) is 5.34. The minimum atomic E-state index is 0.480. The average molecular weight is 217 g/mol. The molecule has 0 saturated carbocycles. The van der Waals surface area contributed by atoms with Gasteiger partial charge in [-0.3, -0.25) is 0 Å². The molecule has 84 valence electrons. The number of rotatable bonds is 5. The van der Waals surface area contributed by atoms with Gasteiger partial charge in [-0.1, -0.05) is 42.5 Å². The first kappa shape index (κ1) is 10.8. The van der Waals surface area contributed by atoms with Gasteiger partial charge >= 0.3 is 0 Å². The van der Waals surface area contributed by atoms with E-state index >= 15 is 0 Å². The molecule has 0 bridgehead atoms. The van der Waals surface area contributed by atoms with Crippen LogP contribution in [-0.4, -0.2) is 27.2 Å². The fourth-order valence-corrected chi connectivity index (χ4v) is 1.56. The molecule has 2 aromatic rings. The Hall–Kier alpha value is -1.75. The van der Waals surface area contributed by atoms with Gasteiger partial charge in [0, 0.05) is 6.54 Å². The van der Waals surface area contributed by atoms with Crippen LogP contribution in [0.4, 0.5) is 0 Å². The molecule has 5 heteroatoms. The number of aromatic amines is 1. The number of tetrazole rings is 1. The van der Waals surface area contributed by atoms with E-state index in [1.54, 1.807) is 0 Å². The van der Waals surface area contributed by atoms with Crippen molar-refractivity contribution in [3.05, 3.63) is 41.7 Å². The van der Waals surface area contributed by atoms with Crippen LogP contribution in [0.5, 0.6) is 0 Å². The molecule has 0 fully saturated rings. The van der Waals surface area contributed by atoms with Gasteiger partial charge in [0.15, 0.2) is 5.82 Å². The third-order valence-corrected chi connectivity index (χ3v) is 2.49. The summed E-state index contributed by atoms with van der Waals surface area (Å²) in [5, 5.41) is 17.0. The standard InChI is InChI=1S/C11H15N5/c1-9(10-5-3-2-4-6-10)7-12-8-11-13-15-16-14-11/h2-6,9,12H,7-8H2,1H3,(H,13,14,15,16). The number of nitrogens with one attached hydrogen (secondary N) is 2. The maximum Gasteiger partial charge on any atom is 0.188 e. The highest BCUT2D eigenvalue weighted by Gasteiger charge is 2.04. The lowest BCUT2D eigenvalue weighted by Gasteiger charge is -2.11. The predicted molar refractivity (Wildman–Crippen MR) is 60.7 cm³/mol. The molecule has 2 rings (SSSR count). The van der Waals surface area contributed by atoms with E-state index in [0.717, 1.165) is 6.54 Å². The molecule has 5 nitrogen and oxygen atoms in total. The van der Waals surface area contributed by atoms with E-state index in [1.807, 2.05) is 6.07 Å². The molecular weight excluding hydrogens is 202 g/mol. The summed E-state index contributed by atoms with van der Waals surface area (Å²) >= 11 is 0. The maximum atomic E-state index is 3.88. The van der Waals surface area contributed by atoms with Crippen molar-refractivity contribution in [2.24, 2.45) is 0 Å². The van der Waals surface area contributed by atoms with Crippen LogP contribution >= 0.6 is 0 Å². The average Bonchev–Trinajstić information content (AvgIpc) is 2.83. The number of hydrogen-bond donors (Lipinski definition) is 2. The van der Waals surface area contributed by atoms with Crippen molar-refractivity contribution in [2.75, 3.05) is 6.54 Å². The van der Waals surface area contributed by atoms with Crippen LogP contribution in [0.15, 0.2) is 30.3 Å². The van der Waals surface area contributed by atoms with Crippen molar-refractivity contribution in [3.8, 4) is 0 Å². The monoisotopic (exact) mass is 217 g/mol. The number of H-pyrrole nitrogens is 1. The zero-order chi connectivity index (χ0) is 11.2. The zero-order valence-electron chi connectivity index (χ0n) is 9.22. The van der Waals surface area contributed by atoms with Crippen LogP contribution in [-0.2, 0) is 6.54 Å². The summed E-state index contributed by atoms with van der Waals surface area (Å²) in [5.41, 5.74) is 1.34. The summed E-state index contributed by atoms with van der Waals surface area (Å²) in [6.07, 6.45) is 0. The molecule has 0 saturated heterocycles. The normalized spacial score (nSPS) is 12.6. The number of hydrogen-bond acceptors (Lipinski definition) is 4.